The molecule has 8 nitrogen and oxygen atoms in total. The number of amides is 1. The Morgan fingerprint density at radius 1 is 1.07 bits per heavy atom. The molecule has 2 heterocycles. The number of ether oxygens (including phenoxy) is 1. The lowest BCUT2D eigenvalue weighted by Crippen LogP contribution is -2.38. The van der Waals surface area contributed by atoms with Crippen molar-refractivity contribution in [3.8, 4) is 5.75 Å². The second-order valence-electron chi connectivity index (χ2n) is 6.56. The van der Waals surface area contributed by atoms with Gasteiger partial charge in [0.2, 0.25) is 0 Å². The molecule has 0 fully saturated rings. The molecular weight excluding hydrogens is 387 g/mol. The molecule has 0 spiro atoms. The van der Waals surface area contributed by atoms with Crippen LogP contribution in [0.5, 0.6) is 5.75 Å². The van der Waals surface area contributed by atoms with Crippen LogP contribution < -0.4 is 20.7 Å². The van der Waals surface area contributed by atoms with Crippen LogP contribution in [0.15, 0.2) is 54.7 Å². The summed E-state index contributed by atoms with van der Waals surface area (Å²) in [6.07, 6.45) is 0.902. The zero-order valence-electron chi connectivity index (χ0n) is 16.7. The van der Waals surface area contributed by atoms with Crippen LogP contribution in [0.25, 0.3) is 0 Å². The number of halogens is 1. The smallest absolute Gasteiger partial charge is 0.260 e. The minimum Gasteiger partial charge on any atom is -0.478 e. The van der Waals surface area contributed by atoms with E-state index in [1.165, 1.54) is 12.1 Å². The van der Waals surface area contributed by atoms with Gasteiger partial charge in [-0.05, 0) is 55.8 Å². The molecule has 3 N–H and O–H groups in total. The summed E-state index contributed by atoms with van der Waals surface area (Å²) in [6.45, 7) is 4.34. The van der Waals surface area contributed by atoms with Crippen LogP contribution in [0.1, 0.15) is 12.5 Å². The number of aromatic nitrogens is 3. The average Bonchev–Trinajstić information content (AvgIpc) is 2.74. The van der Waals surface area contributed by atoms with Gasteiger partial charge in [0.1, 0.15) is 11.6 Å². The highest BCUT2D eigenvalue weighted by molar-refractivity contribution is 5.80. The summed E-state index contributed by atoms with van der Waals surface area (Å²) in [7, 11) is 0. The summed E-state index contributed by atoms with van der Waals surface area (Å²) < 4.78 is 18.9. The monoisotopic (exact) mass is 410 g/mol. The van der Waals surface area contributed by atoms with Crippen molar-refractivity contribution in [3.63, 3.8) is 0 Å². The molecule has 3 rings (SSSR count). The fourth-order valence-corrected chi connectivity index (χ4v) is 2.53. The predicted molar refractivity (Wildman–Crippen MR) is 112 cm³/mol. The maximum Gasteiger partial charge on any atom is 0.260 e. The first-order chi connectivity index (χ1) is 14.5. The Morgan fingerprint density at radius 2 is 1.83 bits per heavy atom. The van der Waals surface area contributed by atoms with Gasteiger partial charge in [-0.25, -0.2) is 9.37 Å². The number of nitrogens with zero attached hydrogens (tertiary/aromatic N) is 3. The number of hydrogen-bond acceptors (Lipinski definition) is 7. The van der Waals surface area contributed by atoms with E-state index in [0.717, 1.165) is 5.56 Å². The summed E-state index contributed by atoms with van der Waals surface area (Å²) in [6, 6.07) is 13.3. The van der Waals surface area contributed by atoms with Gasteiger partial charge >= 0.3 is 0 Å². The normalized spacial score (nSPS) is 11.4. The van der Waals surface area contributed by atoms with Gasteiger partial charge in [-0.1, -0.05) is 12.1 Å². The largest absolute Gasteiger partial charge is 0.478 e. The second kappa shape index (κ2) is 10.1. The number of carbonyl (C=O) groups is 1. The number of rotatable bonds is 9. The van der Waals surface area contributed by atoms with Gasteiger partial charge in [-0.15, -0.1) is 10.2 Å². The van der Waals surface area contributed by atoms with E-state index in [0.29, 0.717) is 30.5 Å². The number of anilines is 3. The first-order valence-electron chi connectivity index (χ1n) is 9.47. The first kappa shape index (κ1) is 21.0. The Labute approximate surface area is 173 Å². The number of aryl methyl sites for hydroxylation is 1. The van der Waals surface area contributed by atoms with Crippen LogP contribution >= 0.6 is 0 Å². The van der Waals surface area contributed by atoms with Gasteiger partial charge in [0.15, 0.2) is 23.5 Å². The molecule has 1 aromatic carbocycles. The summed E-state index contributed by atoms with van der Waals surface area (Å²) in [5.41, 5.74) is 1.09. The highest BCUT2D eigenvalue weighted by Crippen LogP contribution is 2.17. The average molecular weight is 410 g/mol. The molecule has 9 heteroatoms. The maximum atomic E-state index is 13.6. The molecule has 1 atom stereocenters. The van der Waals surface area contributed by atoms with Crippen LogP contribution in [-0.4, -0.2) is 40.3 Å². The molecule has 0 aliphatic heterocycles. The van der Waals surface area contributed by atoms with Gasteiger partial charge in [0.25, 0.3) is 5.91 Å². The number of para-hydroxylation sites is 1. The molecule has 0 saturated heterocycles. The third kappa shape index (κ3) is 6.13. The van der Waals surface area contributed by atoms with E-state index in [1.807, 2.05) is 19.1 Å². The molecule has 30 heavy (non-hydrogen) atoms. The van der Waals surface area contributed by atoms with Gasteiger partial charge in [0, 0.05) is 19.3 Å². The quantitative estimate of drug-likeness (QED) is 0.466. The van der Waals surface area contributed by atoms with Gasteiger partial charge < -0.3 is 20.7 Å². The molecular formula is C21H23FN6O2. The summed E-state index contributed by atoms with van der Waals surface area (Å²) in [4.78, 5) is 16.3. The van der Waals surface area contributed by atoms with Crippen LogP contribution in [0.2, 0.25) is 0 Å². The topological polar surface area (TPSA) is 101 Å². The molecule has 2 aromatic heterocycles. The van der Waals surface area contributed by atoms with Crippen molar-refractivity contribution in [2.45, 2.75) is 20.0 Å². The number of carbonyl (C=O) groups excluding carboxylic acids is 1. The Bertz CT molecular complexity index is 983. The van der Waals surface area contributed by atoms with Crippen LogP contribution in [0, 0.1) is 12.7 Å². The minimum absolute atomic E-state index is 0.0445. The van der Waals surface area contributed by atoms with Gasteiger partial charge in [0.05, 0.1) is 0 Å². The zero-order chi connectivity index (χ0) is 21.3. The molecule has 0 bridgehead atoms. The molecule has 0 radical (unpaired) electrons. The third-order valence-electron chi connectivity index (χ3n) is 4.08. The van der Waals surface area contributed by atoms with Crippen molar-refractivity contribution in [3.05, 3.63) is 66.1 Å². The fourth-order valence-electron chi connectivity index (χ4n) is 2.53. The van der Waals surface area contributed by atoms with Crippen molar-refractivity contribution < 1.29 is 13.9 Å². The Morgan fingerprint density at radius 3 is 2.57 bits per heavy atom. The Balaban J connectivity index is 1.39. The summed E-state index contributed by atoms with van der Waals surface area (Å²) in [5.74, 6) is 1.04. The third-order valence-corrected chi connectivity index (χ3v) is 4.08. The van der Waals surface area contributed by atoms with E-state index in [-0.39, 0.29) is 11.7 Å². The standard InChI is InChI=1S/C21H23FN6O2/c1-14-9-10-23-20(13-14)26-19-8-7-18(27-28-19)24-11-12-25-21(29)15(2)30-17-6-4-3-5-16(17)22/h3-10,13,15H,11-12H2,1-2H3,(H,24,27)(H,25,29)(H,23,26,28)/t15-/m0/s1. The SMILES string of the molecule is Cc1ccnc(Nc2ccc(NCCNC(=O)[C@H](C)Oc3ccccc3F)nn2)c1. The van der Waals surface area contributed by atoms with Crippen molar-refractivity contribution in [1.82, 2.24) is 20.5 Å². The number of benzene rings is 1. The maximum absolute atomic E-state index is 13.6. The van der Waals surface area contributed by atoms with Gasteiger partial charge in [-0.2, -0.15) is 0 Å². The van der Waals surface area contributed by atoms with Crippen molar-refractivity contribution in [2.24, 2.45) is 0 Å². The van der Waals surface area contributed by atoms with E-state index >= 15 is 0 Å². The Hall–Kier alpha value is -3.75. The summed E-state index contributed by atoms with van der Waals surface area (Å²) in [5, 5.41) is 17.0. The van der Waals surface area contributed by atoms with Crippen molar-refractivity contribution in [1.29, 1.82) is 0 Å². The molecule has 156 valence electrons. The van der Waals surface area contributed by atoms with Gasteiger partial charge in [-0.3, -0.25) is 4.79 Å². The fraction of sp³-hybridized carbons (Fsp3) is 0.238. The van der Waals surface area contributed by atoms with Crippen LogP contribution in [-0.2, 0) is 4.79 Å². The molecule has 0 unspecified atom stereocenters. The summed E-state index contributed by atoms with van der Waals surface area (Å²) >= 11 is 0. The zero-order valence-corrected chi connectivity index (χ0v) is 16.7. The second-order valence-corrected chi connectivity index (χ2v) is 6.56. The molecule has 1 amide bonds. The lowest BCUT2D eigenvalue weighted by Gasteiger charge is -2.15. The minimum atomic E-state index is -0.817. The van der Waals surface area contributed by atoms with E-state index in [2.05, 4.69) is 31.1 Å². The number of hydrogen-bond donors (Lipinski definition) is 3. The van der Waals surface area contributed by atoms with E-state index in [1.54, 1.807) is 37.4 Å². The lowest BCUT2D eigenvalue weighted by molar-refractivity contribution is -0.127. The number of pyridine rings is 1. The van der Waals surface area contributed by atoms with E-state index in [9.17, 15) is 9.18 Å². The van der Waals surface area contributed by atoms with Crippen LogP contribution in [0.4, 0.5) is 21.8 Å². The first-order valence-corrected chi connectivity index (χ1v) is 9.47. The highest BCUT2D eigenvalue weighted by Gasteiger charge is 2.15. The Kier molecular flexibility index (Phi) is 7.09. The highest BCUT2D eigenvalue weighted by atomic mass is 19.1. The number of nitrogens with one attached hydrogen (secondary N) is 3. The predicted octanol–water partition coefficient (Wildman–Crippen LogP) is 3.06. The molecule has 0 aliphatic rings. The van der Waals surface area contributed by atoms with Crippen LogP contribution in [0.3, 0.4) is 0 Å². The molecule has 0 aliphatic carbocycles. The van der Waals surface area contributed by atoms with E-state index in [4.69, 9.17) is 4.74 Å². The molecule has 0 saturated carbocycles. The van der Waals surface area contributed by atoms with Crippen molar-refractivity contribution >= 4 is 23.4 Å². The molecule has 3 aromatic rings. The van der Waals surface area contributed by atoms with E-state index < -0.39 is 11.9 Å². The lowest BCUT2D eigenvalue weighted by atomic mass is 10.3. The van der Waals surface area contributed by atoms with Crippen molar-refractivity contribution in [2.75, 3.05) is 23.7 Å².